The fourth-order valence-corrected chi connectivity index (χ4v) is 3.31. The van der Waals surface area contributed by atoms with Crippen molar-refractivity contribution in [1.82, 2.24) is 9.80 Å². The lowest BCUT2D eigenvalue weighted by Crippen LogP contribution is -2.48. The number of nitrogens with zero attached hydrogens (tertiary/aromatic N) is 3. The standard InChI is InChI=1S/C19H20ClFN4O3/c20-17-10-14(4-5-18(17)21)12-23-6-8-24(9-7-23)13-19(26)22-15-2-1-3-16(11-15)25(27)28/h1-5,10-11H,6-9,12-13H2,(H,22,26). The van der Waals surface area contributed by atoms with Crippen LogP contribution in [0, 0.1) is 15.9 Å². The number of non-ortho nitro benzene ring substituents is 1. The number of nitro groups is 1. The zero-order valence-electron chi connectivity index (χ0n) is 15.1. The van der Waals surface area contributed by atoms with Crippen molar-refractivity contribution in [2.24, 2.45) is 0 Å². The van der Waals surface area contributed by atoms with Crippen LogP contribution in [0.15, 0.2) is 42.5 Å². The number of benzene rings is 2. The maximum atomic E-state index is 13.2. The number of halogens is 2. The number of carbonyl (C=O) groups excluding carboxylic acids is 1. The van der Waals surface area contributed by atoms with Crippen molar-refractivity contribution in [2.45, 2.75) is 6.54 Å². The molecule has 28 heavy (non-hydrogen) atoms. The number of piperazine rings is 1. The first-order valence-electron chi connectivity index (χ1n) is 8.83. The van der Waals surface area contributed by atoms with Gasteiger partial charge in [0.25, 0.3) is 5.69 Å². The Bertz CT molecular complexity index is 872. The van der Waals surface area contributed by atoms with Gasteiger partial charge in [-0.25, -0.2) is 4.39 Å². The van der Waals surface area contributed by atoms with Crippen LogP contribution in [-0.2, 0) is 11.3 Å². The van der Waals surface area contributed by atoms with Gasteiger partial charge >= 0.3 is 0 Å². The highest BCUT2D eigenvalue weighted by Crippen LogP contribution is 2.19. The van der Waals surface area contributed by atoms with Crippen LogP contribution in [0.1, 0.15) is 5.56 Å². The number of anilines is 1. The molecule has 148 valence electrons. The summed E-state index contributed by atoms with van der Waals surface area (Å²) in [5.74, 6) is -0.635. The minimum atomic E-state index is -0.497. The van der Waals surface area contributed by atoms with Crippen LogP contribution >= 0.6 is 11.6 Å². The van der Waals surface area contributed by atoms with Crippen LogP contribution < -0.4 is 5.32 Å². The van der Waals surface area contributed by atoms with E-state index >= 15 is 0 Å². The van der Waals surface area contributed by atoms with Gasteiger partial charge < -0.3 is 5.32 Å². The smallest absolute Gasteiger partial charge is 0.271 e. The molecule has 0 radical (unpaired) electrons. The summed E-state index contributed by atoms with van der Waals surface area (Å²) >= 11 is 5.82. The van der Waals surface area contributed by atoms with Gasteiger partial charge in [-0.2, -0.15) is 0 Å². The Morgan fingerprint density at radius 2 is 1.86 bits per heavy atom. The van der Waals surface area contributed by atoms with Crippen LogP contribution in [0.2, 0.25) is 5.02 Å². The van der Waals surface area contributed by atoms with E-state index in [1.54, 1.807) is 18.2 Å². The summed E-state index contributed by atoms with van der Waals surface area (Å²) in [7, 11) is 0. The van der Waals surface area contributed by atoms with E-state index in [-0.39, 0.29) is 23.2 Å². The lowest BCUT2D eigenvalue weighted by atomic mass is 10.2. The number of carbonyl (C=O) groups is 1. The number of rotatable bonds is 6. The van der Waals surface area contributed by atoms with Crippen LogP contribution in [-0.4, -0.2) is 53.4 Å². The van der Waals surface area contributed by atoms with Gasteiger partial charge in [0.1, 0.15) is 5.82 Å². The molecule has 1 heterocycles. The molecule has 0 atom stereocenters. The van der Waals surface area contributed by atoms with Crippen molar-refractivity contribution in [3.8, 4) is 0 Å². The summed E-state index contributed by atoms with van der Waals surface area (Å²) < 4.78 is 13.2. The summed E-state index contributed by atoms with van der Waals surface area (Å²) in [4.78, 5) is 26.8. The molecule has 0 bridgehead atoms. The molecule has 0 aliphatic carbocycles. The first-order valence-corrected chi connectivity index (χ1v) is 9.21. The third-order valence-corrected chi connectivity index (χ3v) is 4.85. The predicted octanol–water partition coefficient (Wildman–Crippen LogP) is 3.14. The third-order valence-electron chi connectivity index (χ3n) is 4.56. The molecule has 1 amide bonds. The highest BCUT2D eigenvalue weighted by molar-refractivity contribution is 6.30. The van der Waals surface area contributed by atoms with E-state index in [0.29, 0.717) is 12.2 Å². The Labute approximate surface area is 166 Å². The van der Waals surface area contributed by atoms with Crippen molar-refractivity contribution < 1.29 is 14.1 Å². The maximum absolute atomic E-state index is 13.2. The fraction of sp³-hybridized carbons (Fsp3) is 0.316. The highest BCUT2D eigenvalue weighted by Gasteiger charge is 2.19. The van der Waals surface area contributed by atoms with Gasteiger partial charge in [-0.15, -0.1) is 0 Å². The van der Waals surface area contributed by atoms with E-state index < -0.39 is 10.7 Å². The zero-order chi connectivity index (χ0) is 20.1. The molecule has 1 fully saturated rings. The summed E-state index contributed by atoms with van der Waals surface area (Å²) in [6.07, 6.45) is 0. The van der Waals surface area contributed by atoms with Gasteiger partial charge in [0.05, 0.1) is 16.5 Å². The Hall–Kier alpha value is -2.55. The number of nitro benzene ring substituents is 1. The van der Waals surface area contributed by atoms with Crippen molar-refractivity contribution in [2.75, 3.05) is 38.0 Å². The lowest BCUT2D eigenvalue weighted by Gasteiger charge is -2.34. The quantitative estimate of drug-likeness (QED) is 0.589. The van der Waals surface area contributed by atoms with Gasteiger partial charge in [-0.3, -0.25) is 24.7 Å². The molecule has 0 unspecified atom stereocenters. The molecule has 2 aromatic carbocycles. The van der Waals surface area contributed by atoms with Gasteiger partial charge in [-0.1, -0.05) is 23.7 Å². The number of hydrogen-bond donors (Lipinski definition) is 1. The molecular weight excluding hydrogens is 387 g/mol. The van der Waals surface area contributed by atoms with E-state index in [0.717, 1.165) is 31.7 Å². The molecule has 0 saturated carbocycles. The fourth-order valence-electron chi connectivity index (χ4n) is 3.10. The molecular formula is C19H20ClFN4O3. The summed E-state index contributed by atoms with van der Waals surface area (Å²) in [6.45, 7) is 3.89. The van der Waals surface area contributed by atoms with Crippen LogP contribution in [0.3, 0.4) is 0 Å². The number of nitrogens with one attached hydrogen (secondary N) is 1. The lowest BCUT2D eigenvalue weighted by molar-refractivity contribution is -0.384. The average Bonchev–Trinajstić information content (AvgIpc) is 2.66. The van der Waals surface area contributed by atoms with Gasteiger partial charge in [0.15, 0.2) is 0 Å². The normalized spacial score (nSPS) is 15.4. The van der Waals surface area contributed by atoms with Gasteiger partial charge in [0, 0.05) is 50.5 Å². The SMILES string of the molecule is O=C(CN1CCN(Cc2ccc(F)c(Cl)c2)CC1)Nc1cccc([N+](=O)[O-])c1. The minimum Gasteiger partial charge on any atom is -0.325 e. The topological polar surface area (TPSA) is 78.7 Å². The van der Waals surface area contributed by atoms with Crippen molar-refractivity contribution in [3.63, 3.8) is 0 Å². The average molecular weight is 407 g/mol. The van der Waals surface area contributed by atoms with E-state index in [2.05, 4.69) is 10.2 Å². The second kappa shape index (κ2) is 9.09. The summed E-state index contributed by atoms with van der Waals surface area (Å²) in [5.41, 5.74) is 1.29. The molecule has 0 aromatic heterocycles. The van der Waals surface area contributed by atoms with Crippen molar-refractivity contribution in [3.05, 3.63) is 69.0 Å². The summed E-state index contributed by atoms with van der Waals surface area (Å²) in [5, 5.41) is 13.6. The molecule has 9 heteroatoms. The van der Waals surface area contributed by atoms with Crippen molar-refractivity contribution >= 4 is 28.9 Å². The predicted molar refractivity (Wildman–Crippen MR) is 105 cm³/mol. The first-order chi connectivity index (χ1) is 13.4. The highest BCUT2D eigenvalue weighted by atomic mass is 35.5. The maximum Gasteiger partial charge on any atom is 0.271 e. The second-order valence-electron chi connectivity index (χ2n) is 6.66. The van der Waals surface area contributed by atoms with Gasteiger partial charge in [-0.05, 0) is 23.8 Å². The molecule has 1 N–H and O–H groups in total. The van der Waals surface area contributed by atoms with E-state index in [1.807, 2.05) is 4.90 Å². The van der Waals surface area contributed by atoms with E-state index in [9.17, 15) is 19.3 Å². The third kappa shape index (κ3) is 5.48. The Morgan fingerprint density at radius 3 is 2.54 bits per heavy atom. The Kier molecular flexibility index (Phi) is 6.56. The number of hydrogen-bond acceptors (Lipinski definition) is 5. The van der Waals surface area contributed by atoms with E-state index in [1.165, 1.54) is 24.3 Å². The number of amides is 1. The van der Waals surface area contributed by atoms with Crippen molar-refractivity contribution in [1.29, 1.82) is 0 Å². The van der Waals surface area contributed by atoms with Crippen LogP contribution in [0.5, 0.6) is 0 Å². The molecule has 7 nitrogen and oxygen atoms in total. The minimum absolute atomic E-state index is 0.0627. The molecule has 3 rings (SSSR count). The second-order valence-corrected chi connectivity index (χ2v) is 7.06. The van der Waals surface area contributed by atoms with Crippen LogP contribution in [0.4, 0.5) is 15.8 Å². The summed E-state index contributed by atoms with van der Waals surface area (Å²) in [6, 6.07) is 10.6. The molecule has 2 aromatic rings. The molecule has 1 aliphatic heterocycles. The molecule has 0 spiro atoms. The largest absolute Gasteiger partial charge is 0.325 e. The monoisotopic (exact) mass is 406 g/mol. The molecule has 1 aliphatic rings. The van der Waals surface area contributed by atoms with Crippen LogP contribution in [0.25, 0.3) is 0 Å². The first kappa shape index (κ1) is 20.2. The van der Waals surface area contributed by atoms with E-state index in [4.69, 9.17) is 11.6 Å². The Balaban J connectivity index is 1.46. The molecule has 1 saturated heterocycles. The Morgan fingerprint density at radius 1 is 1.14 bits per heavy atom. The zero-order valence-corrected chi connectivity index (χ0v) is 15.9. The van der Waals surface area contributed by atoms with Gasteiger partial charge in [0.2, 0.25) is 5.91 Å².